The Morgan fingerprint density at radius 2 is 1.60 bits per heavy atom. The third kappa shape index (κ3) is 5.50. The number of rotatable bonds is 7. The van der Waals surface area contributed by atoms with Crippen molar-refractivity contribution in [2.24, 2.45) is 0 Å². The lowest BCUT2D eigenvalue weighted by Crippen LogP contribution is -2.26. The van der Waals surface area contributed by atoms with Crippen molar-refractivity contribution < 1.29 is 4.79 Å². The van der Waals surface area contributed by atoms with Crippen LogP contribution in [-0.4, -0.2) is 25.5 Å². The van der Waals surface area contributed by atoms with E-state index in [-0.39, 0.29) is 5.91 Å². The Kier molecular flexibility index (Phi) is 6.35. The summed E-state index contributed by atoms with van der Waals surface area (Å²) in [7, 11) is 0. The van der Waals surface area contributed by atoms with Gasteiger partial charge in [0, 0.05) is 30.3 Å². The van der Waals surface area contributed by atoms with Crippen LogP contribution in [0.4, 0.5) is 5.69 Å². The minimum Gasteiger partial charge on any atom is -0.372 e. The van der Waals surface area contributed by atoms with Gasteiger partial charge in [-0.15, -0.1) is 0 Å². The van der Waals surface area contributed by atoms with E-state index in [1.54, 1.807) is 0 Å². The highest BCUT2D eigenvalue weighted by Gasteiger charge is 2.11. The predicted molar refractivity (Wildman–Crippen MR) is 104 cm³/mol. The minimum atomic E-state index is 0.0618. The molecule has 1 fully saturated rings. The molecule has 4 heteroatoms. The predicted octanol–water partition coefficient (Wildman–Crippen LogP) is 4.23. The Morgan fingerprint density at radius 1 is 0.960 bits per heavy atom. The smallest absolute Gasteiger partial charge is 0.224 e. The van der Waals surface area contributed by atoms with Crippen LogP contribution in [0.2, 0.25) is 5.02 Å². The summed E-state index contributed by atoms with van der Waals surface area (Å²) < 4.78 is 0. The lowest BCUT2D eigenvalue weighted by atomic mass is 10.1. The van der Waals surface area contributed by atoms with Crippen LogP contribution in [0.25, 0.3) is 0 Å². The van der Waals surface area contributed by atoms with Crippen LogP contribution in [0.3, 0.4) is 0 Å². The number of nitrogens with zero attached hydrogens (tertiary/aromatic N) is 1. The SMILES string of the molecule is O=C(Cc1ccc(Cl)cc1)NCCCc1ccc(N2CCCC2)cc1. The Hall–Kier alpha value is -2.00. The minimum absolute atomic E-state index is 0.0618. The molecule has 2 aromatic carbocycles. The lowest BCUT2D eigenvalue weighted by Gasteiger charge is -2.17. The van der Waals surface area contributed by atoms with Crippen LogP contribution < -0.4 is 10.2 Å². The van der Waals surface area contributed by atoms with Crippen LogP contribution in [0.5, 0.6) is 0 Å². The van der Waals surface area contributed by atoms with E-state index < -0.39 is 0 Å². The maximum absolute atomic E-state index is 12.0. The summed E-state index contributed by atoms with van der Waals surface area (Å²) in [6.07, 6.45) is 4.95. The van der Waals surface area contributed by atoms with Gasteiger partial charge in [0.2, 0.25) is 5.91 Å². The molecule has 1 amide bonds. The number of nitrogens with one attached hydrogen (secondary N) is 1. The number of anilines is 1. The van der Waals surface area contributed by atoms with Gasteiger partial charge >= 0.3 is 0 Å². The van der Waals surface area contributed by atoms with Crippen molar-refractivity contribution in [1.82, 2.24) is 5.32 Å². The first-order valence-corrected chi connectivity index (χ1v) is 9.43. The van der Waals surface area contributed by atoms with E-state index in [0.29, 0.717) is 18.0 Å². The molecular formula is C21H25ClN2O. The molecule has 1 saturated heterocycles. The monoisotopic (exact) mass is 356 g/mol. The first kappa shape index (κ1) is 17.8. The van der Waals surface area contributed by atoms with E-state index in [0.717, 1.165) is 18.4 Å². The van der Waals surface area contributed by atoms with E-state index in [2.05, 4.69) is 34.5 Å². The van der Waals surface area contributed by atoms with Crippen LogP contribution in [0.1, 0.15) is 30.4 Å². The van der Waals surface area contributed by atoms with Crippen molar-refractivity contribution in [1.29, 1.82) is 0 Å². The summed E-state index contributed by atoms with van der Waals surface area (Å²) >= 11 is 5.85. The third-order valence-electron chi connectivity index (χ3n) is 4.65. The Balaban J connectivity index is 1.36. The van der Waals surface area contributed by atoms with Gasteiger partial charge in [0.25, 0.3) is 0 Å². The Bertz CT molecular complexity index is 676. The summed E-state index contributed by atoms with van der Waals surface area (Å²) in [5, 5.41) is 3.69. The van der Waals surface area contributed by atoms with E-state index in [1.165, 1.54) is 37.2 Å². The van der Waals surface area contributed by atoms with Crippen molar-refractivity contribution in [3.63, 3.8) is 0 Å². The van der Waals surface area contributed by atoms with E-state index >= 15 is 0 Å². The molecule has 1 heterocycles. The number of carbonyl (C=O) groups is 1. The Labute approximate surface area is 155 Å². The molecule has 3 nitrogen and oxygen atoms in total. The van der Waals surface area contributed by atoms with Crippen LogP contribution >= 0.6 is 11.6 Å². The zero-order valence-corrected chi connectivity index (χ0v) is 15.3. The largest absolute Gasteiger partial charge is 0.372 e. The Morgan fingerprint density at radius 3 is 2.28 bits per heavy atom. The number of aryl methyl sites for hydroxylation is 1. The molecule has 2 aromatic rings. The molecule has 0 aliphatic carbocycles. The van der Waals surface area contributed by atoms with Crippen molar-refractivity contribution in [3.05, 3.63) is 64.7 Å². The average molecular weight is 357 g/mol. The highest BCUT2D eigenvalue weighted by molar-refractivity contribution is 6.30. The van der Waals surface area contributed by atoms with Crippen LogP contribution in [-0.2, 0) is 17.6 Å². The van der Waals surface area contributed by atoms with Gasteiger partial charge in [0.1, 0.15) is 0 Å². The van der Waals surface area contributed by atoms with E-state index in [9.17, 15) is 4.79 Å². The first-order valence-electron chi connectivity index (χ1n) is 9.06. The first-order chi connectivity index (χ1) is 12.2. The van der Waals surface area contributed by atoms with Crippen LogP contribution in [0.15, 0.2) is 48.5 Å². The number of hydrogen-bond acceptors (Lipinski definition) is 2. The number of carbonyl (C=O) groups excluding carboxylic acids is 1. The van der Waals surface area contributed by atoms with Gasteiger partial charge in [0.05, 0.1) is 6.42 Å². The van der Waals surface area contributed by atoms with Gasteiger partial charge in [-0.25, -0.2) is 0 Å². The molecular weight excluding hydrogens is 332 g/mol. The molecule has 3 rings (SSSR count). The number of hydrogen-bond donors (Lipinski definition) is 1. The molecule has 1 aliphatic rings. The van der Waals surface area contributed by atoms with Gasteiger partial charge in [-0.1, -0.05) is 35.9 Å². The average Bonchev–Trinajstić information content (AvgIpc) is 3.16. The fourth-order valence-electron chi connectivity index (χ4n) is 3.22. The molecule has 0 unspecified atom stereocenters. The second-order valence-electron chi connectivity index (χ2n) is 6.62. The molecule has 1 aliphatic heterocycles. The highest BCUT2D eigenvalue weighted by Crippen LogP contribution is 2.20. The molecule has 0 radical (unpaired) electrons. The van der Waals surface area contributed by atoms with Gasteiger partial charge in [-0.3, -0.25) is 4.79 Å². The molecule has 0 bridgehead atoms. The summed E-state index contributed by atoms with van der Waals surface area (Å²) in [6.45, 7) is 3.07. The fourth-order valence-corrected chi connectivity index (χ4v) is 3.35. The fraction of sp³-hybridized carbons (Fsp3) is 0.381. The maximum Gasteiger partial charge on any atom is 0.224 e. The van der Waals surface area contributed by atoms with Crippen molar-refractivity contribution >= 4 is 23.2 Å². The van der Waals surface area contributed by atoms with E-state index in [1.807, 2.05) is 24.3 Å². The molecule has 0 atom stereocenters. The van der Waals surface area contributed by atoms with Gasteiger partial charge in [0.15, 0.2) is 0 Å². The van der Waals surface area contributed by atoms with Crippen molar-refractivity contribution in [2.45, 2.75) is 32.1 Å². The molecule has 0 spiro atoms. The summed E-state index contributed by atoms with van der Waals surface area (Å²) in [5.41, 5.74) is 3.65. The van der Waals surface area contributed by atoms with E-state index in [4.69, 9.17) is 11.6 Å². The lowest BCUT2D eigenvalue weighted by molar-refractivity contribution is -0.120. The summed E-state index contributed by atoms with van der Waals surface area (Å²) in [5.74, 6) is 0.0618. The molecule has 25 heavy (non-hydrogen) atoms. The number of benzene rings is 2. The normalized spacial score (nSPS) is 13.9. The molecule has 0 aromatic heterocycles. The molecule has 1 N–H and O–H groups in total. The highest BCUT2D eigenvalue weighted by atomic mass is 35.5. The summed E-state index contributed by atoms with van der Waals surface area (Å²) in [6, 6.07) is 16.3. The number of amides is 1. The second kappa shape index (κ2) is 8.91. The zero-order valence-electron chi connectivity index (χ0n) is 14.5. The van der Waals surface area contributed by atoms with Gasteiger partial charge in [-0.05, 0) is 61.1 Å². The number of halogens is 1. The molecule has 132 valence electrons. The quantitative estimate of drug-likeness (QED) is 0.753. The summed E-state index contributed by atoms with van der Waals surface area (Å²) in [4.78, 5) is 14.4. The van der Waals surface area contributed by atoms with Crippen LogP contribution in [0, 0.1) is 0 Å². The van der Waals surface area contributed by atoms with Gasteiger partial charge < -0.3 is 10.2 Å². The molecule has 0 saturated carbocycles. The topological polar surface area (TPSA) is 32.3 Å². The van der Waals surface area contributed by atoms with Crippen molar-refractivity contribution in [3.8, 4) is 0 Å². The standard InChI is InChI=1S/C21H25ClN2O/c22-19-9-5-18(6-10-19)16-21(25)23-13-3-4-17-7-11-20(12-8-17)24-14-1-2-15-24/h5-12H,1-4,13-16H2,(H,23,25). The maximum atomic E-state index is 12.0. The third-order valence-corrected chi connectivity index (χ3v) is 4.90. The van der Waals surface area contributed by atoms with Gasteiger partial charge in [-0.2, -0.15) is 0 Å². The zero-order chi connectivity index (χ0) is 17.5. The second-order valence-corrected chi connectivity index (χ2v) is 7.05. The van der Waals surface area contributed by atoms with Crippen molar-refractivity contribution in [2.75, 3.05) is 24.5 Å².